The highest BCUT2D eigenvalue weighted by Crippen LogP contribution is 2.24. The molecule has 0 unspecified atom stereocenters. The summed E-state index contributed by atoms with van der Waals surface area (Å²) in [5.74, 6) is 1.54. The molecule has 22 heavy (non-hydrogen) atoms. The Labute approximate surface area is 133 Å². The van der Waals surface area contributed by atoms with Crippen molar-refractivity contribution in [3.63, 3.8) is 0 Å². The predicted molar refractivity (Wildman–Crippen MR) is 88.4 cm³/mol. The van der Waals surface area contributed by atoms with E-state index in [1.54, 1.807) is 6.20 Å². The minimum atomic E-state index is -3.20. The zero-order valence-corrected chi connectivity index (χ0v) is 14.6. The van der Waals surface area contributed by atoms with Crippen molar-refractivity contribution in [2.75, 3.05) is 11.6 Å². The second-order valence-corrected chi connectivity index (χ2v) is 8.83. The molecule has 0 bridgehead atoms. The standard InChI is InChI=1S/C15H26N4O2S/c1-15(2,3)14-16-10-9-13(18-14)17-11-7-5-6-8-12(11)19-22(4,20)21/h9-12,19H,5-8H2,1-4H3,(H,16,17,18)/t11-,12-/m0/s1. The molecule has 1 heterocycles. The van der Waals surface area contributed by atoms with E-state index in [1.165, 1.54) is 6.26 Å². The maximum atomic E-state index is 11.5. The lowest BCUT2D eigenvalue weighted by molar-refractivity contribution is 0.378. The summed E-state index contributed by atoms with van der Waals surface area (Å²) in [7, 11) is -3.20. The van der Waals surface area contributed by atoms with Gasteiger partial charge < -0.3 is 5.32 Å². The topological polar surface area (TPSA) is 84.0 Å². The molecule has 1 aliphatic carbocycles. The van der Waals surface area contributed by atoms with Crippen LogP contribution < -0.4 is 10.0 Å². The zero-order valence-electron chi connectivity index (χ0n) is 13.8. The molecule has 7 heteroatoms. The third kappa shape index (κ3) is 4.91. The molecule has 0 aromatic carbocycles. The van der Waals surface area contributed by atoms with Crippen molar-refractivity contribution in [3.8, 4) is 0 Å². The van der Waals surface area contributed by atoms with E-state index in [0.717, 1.165) is 37.3 Å². The Morgan fingerprint density at radius 2 is 1.82 bits per heavy atom. The first kappa shape index (κ1) is 17.1. The highest BCUT2D eigenvalue weighted by Gasteiger charge is 2.28. The Hall–Kier alpha value is -1.21. The maximum Gasteiger partial charge on any atom is 0.209 e. The first-order valence-corrected chi connectivity index (χ1v) is 9.62. The van der Waals surface area contributed by atoms with Crippen molar-refractivity contribution in [1.82, 2.24) is 14.7 Å². The second kappa shape index (κ2) is 6.50. The van der Waals surface area contributed by atoms with E-state index in [1.807, 2.05) is 6.07 Å². The Kier molecular flexibility index (Phi) is 5.07. The fourth-order valence-corrected chi connectivity index (χ4v) is 3.54. The van der Waals surface area contributed by atoms with Crippen LogP contribution in [0.5, 0.6) is 0 Å². The summed E-state index contributed by atoms with van der Waals surface area (Å²) in [5.41, 5.74) is -0.116. The van der Waals surface area contributed by atoms with Crippen molar-refractivity contribution in [1.29, 1.82) is 0 Å². The number of hydrogen-bond acceptors (Lipinski definition) is 5. The number of sulfonamides is 1. The van der Waals surface area contributed by atoms with Gasteiger partial charge in [-0.2, -0.15) is 0 Å². The Morgan fingerprint density at radius 3 is 2.41 bits per heavy atom. The minimum absolute atomic E-state index is 0.0613. The number of hydrogen-bond donors (Lipinski definition) is 2. The van der Waals surface area contributed by atoms with Crippen LogP contribution in [-0.2, 0) is 15.4 Å². The fraction of sp³-hybridized carbons (Fsp3) is 0.733. The third-order valence-corrected chi connectivity index (χ3v) is 4.52. The first-order chi connectivity index (χ1) is 10.1. The van der Waals surface area contributed by atoms with Crippen LogP contribution in [-0.4, -0.2) is 36.7 Å². The summed E-state index contributed by atoms with van der Waals surface area (Å²) in [5, 5.41) is 3.39. The third-order valence-electron chi connectivity index (χ3n) is 3.79. The number of nitrogens with zero attached hydrogens (tertiary/aromatic N) is 2. The van der Waals surface area contributed by atoms with Crippen LogP contribution in [0, 0.1) is 0 Å². The van der Waals surface area contributed by atoms with E-state index in [4.69, 9.17) is 0 Å². The maximum absolute atomic E-state index is 11.5. The molecule has 0 amide bonds. The Balaban J connectivity index is 2.13. The van der Waals surface area contributed by atoms with E-state index >= 15 is 0 Å². The number of aromatic nitrogens is 2. The lowest BCUT2D eigenvalue weighted by Gasteiger charge is -2.32. The molecule has 124 valence electrons. The zero-order chi connectivity index (χ0) is 16.4. The highest BCUT2D eigenvalue weighted by molar-refractivity contribution is 7.88. The summed E-state index contributed by atoms with van der Waals surface area (Å²) in [4.78, 5) is 8.89. The smallest absolute Gasteiger partial charge is 0.209 e. The molecular formula is C15H26N4O2S. The summed E-state index contributed by atoms with van der Waals surface area (Å²) in [6, 6.07) is 1.81. The number of nitrogens with one attached hydrogen (secondary N) is 2. The average molecular weight is 326 g/mol. The van der Waals surface area contributed by atoms with Crippen LogP contribution in [0.2, 0.25) is 0 Å². The monoisotopic (exact) mass is 326 g/mol. The van der Waals surface area contributed by atoms with Crippen LogP contribution >= 0.6 is 0 Å². The van der Waals surface area contributed by atoms with E-state index in [9.17, 15) is 8.42 Å². The van der Waals surface area contributed by atoms with Gasteiger partial charge in [0.25, 0.3) is 0 Å². The first-order valence-electron chi connectivity index (χ1n) is 7.72. The van der Waals surface area contributed by atoms with E-state index < -0.39 is 10.0 Å². The van der Waals surface area contributed by atoms with Gasteiger partial charge in [-0.25, -0.2) is 23.1 Å². The molecule has 2 N–H and O–H groups in total. The van der Waals surface area contributed by atoms with Crippen molar-refractivity contribution in [3.05, 3.63) is 18.1 Å². The van der Waals surface area contributed by atoms with Gasteiger partial charge in [-0.05, 0) is 18.9 Å². The van der Waals surface area contributed by atoms with Gasteiger partial charge in [0.15, 0.2) is 0 Å². The molecule has 1 fully saturated rings. The van der Waals surface area contributed by atoms with Crippen molar-refractivity contribution < 1.29 is 8.42 Å². The normalized spacial score (nSPS) is 23.3. The van der Waals surface area contributed by atoms with Gasteiger partial charge in [-0.1, -0.05) is 33.6 Å². The van der Waals surface area contributed by atoms with Crippen molar-refractivity contribution in [2.45, 2.75) is 64.0 Å². The average Bonchev–Trinajstić information content (AvgIpc) is 2.39. The number of rotatable bonds is 4. The Morgan fingerprint density at radius 1 is 1.18 bits per heavy atom. The van der Waals surface area contributed by atoms with E-state index in [-0.39, 0.29) is 17.5 Å². The summed E-state index contributed by atoms with van der Waals surface area (Å²) in [6.45, 7) is 6.21. The SMILES string of the molecule is CC(C)(C)c1nccc(N[C@H]2CCCC[C@@H]2NS(C)(=O)=O)n1. The molecule has 0 aliphatic heterocycles. The molecule has 1 aliphatic rings. The largest absolute Gasteiger partial charge is 0.366 e. The van der Waals surface area contributed by atoms with Crippen LogP contribution in [0.25, 0.3) is 0 Å². The molecule has 1 saturated carbocycles. The molecule has 1 aromatic heterocycles. The highest BCUT2D eigenvalue weighted by atomic mass is 32.2. The van der Waals surface area contributed by atoms with Gasteiger partial charge in [0.2, 0.25) is 10.0 Å². The van der Waals surface area contributed by atoms with Crippen LogP contribution in [0.1, 0.15) is 52.3 Å². The van der Waals surface area contributed by atoms with Gasteiger partial charge in [-0.3, -0.25) is 0 Å². The number of anilines is 1. The van der Waals surface area contributed by atoms with Crippen LogP contribution in [0.3, 0.4) is 0 Å². The summed E-state index contributed by atoms with van der Waals surface area (Å²) < 4.78 is 25.8. The molecule has 6 nitrogen and oxygen atoms in total. The summed E-state index contributed by atoms with van der Waals surface area (Å²) >= 11 is 0. The molecule has 0 spiro atoms. The van der Waals surface area contributed by atoms with Crippen molar-refractivity contribution in [2.24, 2.45) is 0 Å². The summed E-state index contributed by atoms with van der Waals surface area (Å²) in [6.07, 6.45) is 6.88. The van der Waals surface area contributed by atoms with Gasteiger partial charge in [-0.15, -0.1) is 0 Å². The van der Waals surface area contributed by atoms with E-state index in [2.05, 4.69) is 40.8 Å². The van der Waals surface area contributed by atoms with Crippen molar-refractivity contribution >= 4 is 15.8 Å². The minimum Gasteiger partial charge on any atom is -0.366 e. The lowest BCUT2D eigenvalue weighted by Crippen LogP contribution is -2.48. The Bertz CT molecular complexity index is 610. The molecule has 0 saturated heterocycles. The molecule has 2 rings (SSSR count). The molecule has 2 atom stereocenters. The predicted octanol–water partition coefficient (Wildman–Crippen LogP) is 2.05. The van der Waals surface area contributed by atoms with Crippen LogP contribution in [0.15, 0.2) is 12.3 Å². The molecule has 0 radical (unpaired) electrons. The second-order valence-electron chi connectivity index (χ2n) is 7.05. The van der Waals surface area contributed by atoms with Gasteiger partial charge in [0, 0.05) is 23.7 Å². The van der Waals surface area contributed by atoms with Gasteiger partial charge in [0.1, 0.15) is 11.6 Å². The fourth-order valence-electron chi connectivity index (χ4n) is 2.71. The van der Waals surface area contributed by atoms with Crippen LogP contribution in [0.4, 0.5) is 5.82 Å². The van der Waals surface area contributed by atoms with Gasteiger partial charge >= 0.3 is 0 Å². The van der Waals surface area contributed by atoms with E-state index in [0.29, 0.717) is 0 Å². The van der Waals surface area contributed by atoms with Gasteiger partial charge in [0.05, 0.1) is 6.26 Å². The molecule has 1 aromatic rings. The molecular weight excluding hydrogens is 300 g/mol. The quantitative estimate of drug-likeness (QED) is 0.884. The lowest BCUT2D eigenvalue weighted by atomic mass is 9.91.